The second-order valence-electron chi connectivity index (χ2n) is 5.40. The van der Waals surface area contributed by atoms with E-state index >= 15 is 0 Å². The second kappa shape index (κ2) is 5.99. The van der Waals surface area contributed by atoms with E-state index in [-0.39, 0.29) is 12.1 Å². The van der Waals surface area contributed by atoms with E-state index in [1.807, 2.05) is 50.8 Å². The van der Waals surface area contributed by atoms with Gasteiger partial charge in [0.05, 0.1) is 17.5 Å². The van der Waals surface area contributed by atoms with Gasteiger partial charge in [0.2, 0.25) is 0 Å². The summed E-state index contributed by atoms with van der Waals surface area (Å²) in [5.41, 5.74) is 3.31. The van der Waals surface area contributed by atoms with Crippen LogP contribution < -0.4 is 10.1 Å². The first kappa shape index (κ1) is 14.4. The van der Waals surface area contributed by atoms with E-state index in [1.54, 1.807) is 0 Å². The van der Waals surface area contributed by atoms with Gasteiger partial charge in [0, 0.05) is 19.3 Å². The van der Waals surface area contributed by atoms with Crippen LogP contribution in [0, 0.1) is 6.92 Å². The van der Waals surface area contributed by atoms with Crippen molar-refractivity contribution in [1.82, 2.24) is 9.78 Å². The fourth-order valence-corrected chi connectivity index (χ4v) is 2.17. The van der Waals surface area contributed by atoms with Gasteiger partial charge in [-0.25, -0.2) is 0 Å². The van der Waals surface area contributed by atoms with Crippen LogP contribution >= 0.6 is 0 Å². The summed E-state index contributed by atoms with van der Waals surface area (Å²) in [6.45, 7) is 8.21. The lowest BCUT2D eigenvalue weighted by Gasteiger charge is -2.16. The highest BCUT2D eigenvalue weighted by Gasteiger charge is 2.09. The van der Waals surface area contributed by atoms with E-state index in [0.29, 0.717) is 0 Å². The first-order valence-electron chi connectivity index (χ1n) is 6.99. The van der Waals surface area contributed by atoms with Crippen molar-refractivity contribution in [2.24, 2.45) is 7.05 Å². The molecule has 20 heavy (non-hydrogen) atoms. The topological polar surface area (TPSA) is 39.1 Å². The Labute approximate surface area is 120 Å². The molecule has 0 spiro atoms. The summed E-state index contributed by atoms with van der Waals surface area (Å²) < 4.78 is 7.48. The molecule has 4 nitrogen and oxygen atoms in total. The van der Waals surface area contributed by atoms with E-state index in [1.165, 1.54) is 5.56 Å². The highest BCUT2D eigenvalue weighted by atomic mass is 16.5. The molecule has 0 radical (unpaired) electrons. The van der Waals surface area contributed by atoms with Crippen LogP contribution in [-0.4, -0.2) is 15.9 Å². The van der Waals surface area contributed by atoms with Crippen LogP contribution in [-0.2, 0) is 7.05 Å². The van der Waals surface area contributed by atoms with E-state index in [0.717, 1.165) is 17.1 Å². The van der Waals surface area contributed by atoms with Crippen LogP contribution in [0.3, 0.4) is 0 Å². The van der Waals surface area contributed by atoms with E-state index in [9.17, 15) is 0 Å². The summed E-state index contributed by atoms with van der Waals surface area (Å²) in [6.07, 6.45) is 2.21. The summed E-state index contributed by atoms with van der Waals surface area (Å²) in [7, 11) is 1.93. The van der Waals surface area contributed by atoms with Crippen LogP contribution in [0.25, 0.3) is 0 Å². The minimum Gasteiger partial charge on any atom is -0.491 e. The van der Waals surface area contributed by atoms with E-state index in [2.05, 4.69) is 29.5 Å². The van der Waals surface area contributed by atoms with Crippen LogP contribution in [0.1, 0.15) is 38.1 Å². The molecule has 0 aliphatic rings. The summed E-state index contributed by atoms with van der Waals surface area (Å²) in [5.74, 6) is 0.911. The van der Waals surface area contributed by atoms with Crippen molar-refractivity contribution in [2.75, 3.05) is 5.32 Å². The zero-order valence-corrected chi connectivity index (χ0v) is 12.8. The van der Waals surface area contributed by atoms with E-state index < -0.39 is 0 Å². The SMILES string of the molecule is Cc1nn(C)cc1NC(C)c1ccc(OC(C)C)cc1. The van der Waals surface area contributed by atoms with Gasteiger partial charge in [0.15, 0.2) is 0 Å². The molecular formula is C16H23N3O. The molecule has 4 heteroatoms. The predicted octanol–water partition coefficient (Wildman–Crippen LogP) is 3.69. The van der Waals surface area contributed by atoms with Crippen molar-refractivity contribution in [3.8, 4) is 5.75 Å². The Hall–Kier alpha value is -1.97. The molecule has 0 saturated carbocycles. The molecule has 1 N–H and O–H groups in total. The molecule has 1 aromatic carbocycles. The molecule has 1 heterocycles. The van der Waals surface area contributed by atoms with Crippen molar-refractivity contribution < 1.29 is 4.74 Å². The Kier molecular flexibility index (Phi) is 4.32. The normalized spacial score (nSPS) is 12.5. The third-order valence-corrected chi connectivity index (χ3v) is 3.14. The highest BCUT2D eigenvalue weighted by Crippen LogP contribution is 2.23. The number of hydrogen-bond acceptors (Lipinski definition) is 3. The van der Waals surface area contributed by atoms with Crippen molar-refractivity contribution in [3.05, 3.63) is 41.7 Å². The standard InChI is InChI=1S/C16H23N3O/c1-11(2)20-15-8-6-14(7-9-15)12(3)17-16-10-19(5)18-13(16)4/h6-12,17H,1-5H3. The molecule has 108 valence electrons. The predicted molar refractivity (Wildman–Crippen MR) is 82.2 cm³/mol. The zero-order valence-electron chi connectivity index (χ0n) is 12.8. The number of benzene rings is 1. The van der Waals surface area contributed by atoms with Crippen LogP contribution in [0.5, 0.6) is 5.75 Å². The molecule has 0 amide bonds. The van der Waals surface area contributed by atoms with Crippen molar-refractivity contribution in [2.45, 2.75) is 39.8 Å². The van der Waals surface area contributed by atoms with Gasteiger partial charge in [0.25, 0.3) is 0 Å². The van der Waals surface area contributed by atoms with Gasteiger partial charge in [-0.3, -0.25) is 4.68 Å². The van der Waals surface area contributed by atoms with Gasteiger partial charge in [-0.2, -0.15) is 5.10 Å². The fourth-order valence-electron chi connectivity index (χ4n) is 2.17. The Balaban J connectivity index is 2.05. The van der Waals surface area contributed by atoms with E-state index in [4.69, 9.17) is 4.74 Å². The Morgan fingerprint density at radius 2 is 1.80 bits per heavy atom. The second-order valence-corrected chi connectivity index (χ2v) is 5.40. The molecule has 0 saturated heterocycles. The lowest BCUT2D eigenvalue weighted by Crippen LogP contribution is -2.08. The fraction of sp³-hybridized carbons (Fsp3) is 0.438. The summed E-state index contributed by atoms with van der Waals surface area (Å²) in [4.78, 5) is 0. The van der Waals surface area contributed by atoms with Crippen molar-refractivity contribution in [1.29, 1.82) is 0 Å². The maximum atomic E-state index is 5.66. The molecule has 1 aromatic heterocycles. The Morgan fingerprint density at radius 3 is 2.30 bits per heavy atom. The minimum atomic E-state index is 0.203. The van der Waals surface area contributed by atoms with Gasteiger partial charge < -0.3 is 10.1 Å². The number of aromatic nitrogens is 2. The molecule has 2 rings (SSSR count). The van der Waals surface area contributed by atoms with Crippen LogP contribution in [0.4, 0.5) is 5.69 Å². The maximum absolute atomic E-state index is 5.66. The Bertz CT molecular complexity index is 558. The molecule has 1 atom stereocenters. The number of hydrogen-bond donors (Lipinski definition) is 1. The molecule has 0 fully saturated rings. The van der Waals surface area contributed by atoms with Crippen molar-refractivity contribution in [3.63, 3.8) is 0 Å². The Morgan fingerprint density at radius 1 is 1.15 bits per heavy atom. The monoisotopic (exact) mass is 273 g/mol. The van der Waals surface area contributed by atoms with Crippen LogP contribution in [0.15, 0.2) is 30.5 Å². The summed E-state index contributed by atoms with van der Waals surface area (Å²) in [6, 6.07) is 8.46. The number of rotatable bonds is 5. The first-order chi connectivity index (χ1) is 9.45. The van der Waals surface area contributed by atoms with Gasteiger partial charge in [0.1, 0.15) is 5.75 Å². The average molecular weight is 273 g/mol. The summed E-state index contributed by atoms with van der Waals surface area (Å²) in [5, 5.41) is 7.82. The average Bonchev–Trinajstić information content (AvgIpc) is 2.68. The molecule has 2 aromatic rings. The summed E-state index contributed by atoms with van der Waals surface area (Å²) >= 11 is 0. The van der Waals surface area contributed by atoms with Gasteiger partial charge in [-0.05, 0) is 45.4 Å². The quantitative estimate of drug-likeness (QED) is 0.903. The zero-order chi connectivity index (χ0) is 14.7. The third kappa shape index (κ3) is 3.53. The minimum absolute atomic E-state index is 0.203. The molecule has 0 aliphatic carbocycles. The number of nitrogens with zero attached hydrogens (tertiary/aromatic N) is 2. The first-order valence-corrected chi connectivity index (χ1v) is 6.99. The van der Waals surface area contributed by atoms with Gasteiger partial charge >= 0.3 is 0 Å². The van der Waals surface area contributed by atoms with Gasteiger partial charge in [-0.15, -0.1) is 0 Å². The number of ether oxygens (including phenoxy) is 1. The lowest BCUT2D eigenvalue weighted by atomic mass is 10.1. The molecule has 0 aliphatic heterocycles. The lowest BCUT2D eigenvalue weighted by molar-refractivity contribution is 0.242. The molecule has 0 bridgehead atoms. The molecular weight excluding hydrogens is 250 g/mol. The third-order valence-electron chi connectivity index (χ3n) is 3.14. The number of aryl methyl sites for hydroxylation is 2. The van der Waals surface area contributed by atoms with Crippen LogP contribution in [0.2, 0.25) is 0 Å². The molecule has 1 unspecified atom stereocenters. The smallest absolute Gasteiger partial charge is 0.119 e. The van der Waals surface area contributed by atoms with Crippen molar-refractivity contribution >= 4 is 5.69 Å². The number of anilines is 1. The number of nitrogens with one attached hydrogen (secondary N) is 1. The largest absolute Gasteiger partial charge is 0.491 e. The maximum Gasteiger partial charge on any atom is 0.119 e. The highest BCUT2D eigenvalue weighted by molar-refractivity contribution is 5.47. The van der Waals surface area contributed by atoms with Gasteiger partial charge in [-0.1, -0.05) is 12.1 Å².